The number of hydrogen-bond acceptors (Lipinski definition) is 4. The van der Waals surface area contributed by atoms with Crippen LogP contribution in [0.25, 0.3) is 22.3 Å². The van der Waals surface area contributed by atoms with Crippen LogP contribution in [0.3, 0.4) is 0 Å². The summed E-state index contributed by atoms with van der Waals surface area (Å²) in [6.07, 6.45) is 0. The molecule has 0 radical (unpaired) electrons. The Balaban J connectivity index is 1.63. The van der Waals surface area contributed by atoms with Gasteiger partial charge >= 0.3 is 0 Å². The molecule has 0 saturated carbocycles. The minimum absolute atomic E-state index is 0.142. The van der Waals surface area contributed by atoms with Crippen LogP contribution in [-0.4, -0.2) is 7.11 Å². The first-order valence-electron chi connectivity index (χ1n) is 8.28. The Morgan fingerprint density at radius 1 is 0.815 bits per heavy atom. The van der Waals surface area contributed by atoms with Gasteiger partial charge in [-0.25, -0.2) is 4.39 Å². The number of halogens is 1. The van der Waals surface area contributed by atoms with Crippen LogP contribution >= 0.6 is 0 Å². The molecule has 1 heterocycles. The van der Waals surface area contributed by atoms with E-state index in [9.17, 15) is 9.18 Å². The van der Waals surface area contributed by atoms with E-state index < -0.39 is 0 Å². The summed E-state index contributed by atoms with van der Waals surface area (Å²) in [5.41, 5.74) is 1.10. The minimum atomic E-state index is -0.318. The molecule has 0 saturated heterocycles. The van der Waals surface area contributed by atoms with E-state index in [4.69, 9.17) is 13.9 Å². The molecule has 0 aliphatic rings. The molecule has 4 rings (SSSR count). The number of ether oxygens (including phenoxy) is 2. The van der Waals surface area contributed by atoms with E-state index in [2.05, 4.69) is 0 Å². The average Bonchev–Trinajstić information content (AvgIpc) is 2.70. The van der Waals surface area contributed by atoms with Gasteiger partial charge in [0.25, 0.3) is 0 Å². The minimum Gasteiger partial charge on any atom is -0.497 e. The largest absolute Gasteiger partial charge is 0.497 e. The first-order chi connectivity index (χ1) is 13.1. The van der Waals surface area contributed by atoms with Gasteiger partial charge in [0.1, 0.15) is 34.4 Å². The lowest BCUT2D eigenvalue weighted by Gasteiger charge is -2.07. The monoisotopic (exact) mass is 362 g/mol. The fraction of sp³-hybridized carbons (Fsp3) is 0.0455. The zero-order valence-electron chi connectivity index (χ0n) is 14.4. The molecule has 0 spiro atoms. The zero-order valence-corrected chi connectivity index (χ0v) is 14.4. The van der Waals surface area contributed by atoms with Gasteiger partial charge in [-0.15, -0.1) is 0 Å². The molecule has 3 aromatic carbocycles. The molecule has 5 heteroatoms. The van der Waals surface area contributed by atoms with Crippen molar-refractivity contribution >= 4 is 11.0 Å². The maximum Gasteiger partial charge on any atom is 0.193 e. The van der Waals surface area contributed by atoms with E-state index >= 15 is 0 Å². The van der Waals surface area contributed by atoms with Gasteiger partial charge in [-0.1, -0.05) is 0 Å². The lowest BCUT2D eigenvalue weighted by molar-refractivity contribution is 0.415. The van der Waals surface area contributed by atoms with Crippen LogP contribution in [0.5, 0.6) is 17.2 Å². The van der Waals surface area contributed by atoms with Crippen LogP contribution in [0, 0.1) is 5.82 Å². The van der Waals surface area contributed by atoms with Crippen molar-refractivity contribution in [3.63, 3.8) is 0 Å². The molecule has 0 unspecified atom stereocenters. The Hall–Kier alpha value is -3.60. The fourth-order valence-electron chi connectivity index (χ4n) is 2.73. The molecule has 0 amide bonds. The summed E-state index contributed by atoms with van der Waals surface area (Å²) >= 11 is 0. The highest BCUT2D eigenvalue weighted by atomic mass is 19.1. The first kappa shape index (κ1) is 16.8. The smallest absolute Gasteiger partial charge is 0.193 e. The summed E-state index contributed by atoms with van der Waals surface area (Å²) in [6.45, 7) is 0. The van der Waals surface area contributed by atoms with Gasteiger partial charge in [-0.05, 0) is 66.7 Å². The molecule has 0 aliphatic carbocycles. The third-order valence-corrected chi connectivity index (χ3v) is 4.12. The van der Waals surface area contributed by atoms with E-state index in [1.54, 1.807) is 61.7 Å². The highest BCUT2D eigenvalue weighted by molar-refractivity contribution is 5.80. The number of methoxy groups -OCH3 is 1. The highest BCUT2D eigenvalue weighted by Crippen LogP contribution is 2.28. The molecule has 0 aliphatic heterocycles. The molecule has 27 heavy (non-hydrogen) atoms. The fourth-order valence-corrected chi connectivity index (χ4v) is 2.73. The molecular weight excluding hydrogens is 347 g/mol. The standard InChI is InChI=1S/C22H15FO4/c1-25-18-10-11-21-19(12-18)20(24)13-22(27-21)14-2-6-16(7-3-14)26-17-8-4-15(23)5-9-17/h2-13H,1H3. The van der Waals surface area contributed by atoms with Crippen LogP contribution in [0.2, 0.25) is 0 Å². The van der Waals surface area contributed by atoms with E-state index in [1.807, 2.05) is 0 Å². The van der Waals surface area contributed by atoms with Crippen LogP contribution in [0.4, 0.5) is 4.39 Å². The van der Waals surface area contributed by atoms with Crippen molar-refractivity contribution < 1.29 is 18.3 Å². The molecule has 134 valence electrons. The van der Waals surface area contributed by atoms with Crippen molar-refractivity contribution in [2.45, 2.75) is 0 Å². The lowest BCUT2D eigenvalue weighted by Crippen LogP contribution is -2.00. The molecule has 4 aromatic rings. The quantitative estimate of drug-likeness (QED) is 0.488. The first-order valence-corrected chi connectivity index (χ1v) is 8.28. The van der Waals surface area contributed by atoms with Crippen LogP contribution in [0.15, 0.2) is 82.0 Å². The number of hydrogen-bond donors (Lipinski definition) is 0. The van der Waals surface area contributed by atoms with Gasteiger partial charge < -0.3 is 13.9 Å². The van der Waals surface area contributed by atoms with Gasteiger partial charge in [-0.2, -0.15) is 0 Å². The van der Waals surface area contributed by atoms with Crippen molar-refractivity contribution in [1.29, 1.82) is 0 Å². The summed E-state index contributed by atoms with van der Waals surface area (Å²) in [7, 11) is 1.55. The van der Waals surface area contributed by atoms with Gasteiger partial charge in [0.15, 0.2) is 5.43 Å². The molecule has 0 N–H and O–H groups in total. The van der Waals surface area contributed by atoms with Crippen molar-refractivity contribution in [2.24, 2.45) is 0 Å². The van der Waals surface area contributed by atoms with Crippen LogP contribution in [-0.2, 0) is 0 Å². The highest BCUT2D eigenvalue weighted by Gasteiger charge is 2.08. The Kier molecular flexibility index (Phi) is 4.34. The van der Waals surface area contributed by atoms with Crippen molar-refractivity contribution in [1.82, 2.24) is 0 Å². The maximum atomic E-state index is 13.0. The average molecular weight is 362 g/mol. The molecule has 1 aromatic heterocycles. The summed E-state index contributed by atoms with van der Waals surface area (Å²) in [6, 6.07) is 19.5. The van der Waals surface area contributed by atoms with Gasteiger partial charge in [0.2, 0.25) is 0 Å². The predicted octanol–water partition coefficient (Wildman–Crippen LogP) is 5.40. The number of benzene rings is 3. The zero-order chi connectivity index (χ0) is 18.8. The number of fused-ring (bicyclic) bond motifs is 1. The second kappa shape index (κ2) is 6.96. The SMILES string of the molecule is COc1ccc2oc(-c3ccc(Oc4ccc(F)cc4)cc3)cc(=O)c2c1. The van der Waals surface area contributed by atoms with Crippen molar-refractivity contribution in [3.05, 3.63) is 88.8 Å². The normalized spacial score (nSPS) is 10.7. The van der Waals surface area contributed by atoms with Crippen LogP contribution in [0.1, 0.15) is 0 Å². The second-order valence-electron chi connectivity index (χ2n) is 5.92. The van der Waals surface area contributed by atoms with E-state index in [0.717, 1.165) is 5.56 Å². The van der Waals surface area contributed by atoms with E-state index in [0.29, 0.717) is 34.0 Å². The molecular formula is C22H15FO4. The summed E-state index contributed by atoms with van der Waals surface area (Å²) in [4.78, 5) is 12.4. The maximum absolute atomic E-state index is 13.0. The van der Waals surface area contributed by atoms with E-state index in [-0.39, 0.29) is 11.2 Å². The number of rotatable bonds is 4. The molecule has 4 nitrogen and oxygen atoms in total. The summed E-state index contributed by atoms with van der Waals surface area (Å²) in [5, 5.41) is 0.467. The second-order valence-corrected chi connectivity index (χ2v) is 5.92. The van der Waals surface area contributed by atoms with Crippen molar-refractivity contribution in [2.75, 3.05) is 7.11 Å². The predicted molar refractivity (Wildman–Crippen MR) is 101 cm³/mol. The van der Waals surface area contributed by atoms with Gasteiger partial charge in [0, 0.05) is 11.6 Å². The Morgan fingerprint density at radius 3 is 2.11 bits per heavy atom. The summed E-state index contributed by atoms with van der Waals surface area (Å²) in [5.74, 6) is 1.88. The van der Waals surface area contributed by atoms with Crippen LogP contribution < -0.4 is 14.9 Å². The lowest BCUT2D eigenvalue weighted by atomic mass is 10.1. The molecule has 0 fully saturated rings. The van der Waals surface area contributed by atoms with Gasteiger partial charge in [-0.3, -0.25) is 4.79 Å². The molecule has 0 bridgehead atoms. The summed E-state index contributed by atoms with van der Waals surface area (Å²) < 4.78 is 29.6. The third-order valence-electron chi connectivity index (χ3n) is 4.12. The Labute approximate surface area is 154 Å². The Morgan fingerprint density at radius 2 is 1.44 bits per heavy atom. The van der Waals surface area contributed by atoms with E-state index in [1.165, 1.54) is 18.2 Å². The van der Waals surface area contributed by atoms with Gasteiger partial charge in [0.05, 0.1) is 12.5 Å². The topological polar surface area (TPSA) is 48.7 Å². The van der Waals surface area contributed by atoms with Crippen molar-refractivity contribution in [3.8, 4) is 28.6 Å². The third kappa shape index (κ3) is 3.53. The Bertz CT molecular complexity index is 1150. The molecule has 0 atom stereocenters.